The van der Waals surface area contributed by atoms with Crippen LogP contribution in [0.15, 0.2) is 30.7 Å². The van der Waals surface area contributed by atoms with Gasteiger partial charge in [0.05, 0.1) is 11.2 Å². The van der Waals surface area contributed by atoms with Crippen molar-refractivity contribution in [1.29, 1.82) is 0 Å². The van der Waals surface area contributed by atoms with Crippen LogP contribution in [-0.4, -0.2) is 38.7 Å². The molecule has 1 fully saturated rings. The summed E-state index contributed by atoms with van der Waals surface area (Å²) in [6.07, 6.45) is 1.05. The number of aromatic nitrogens is 4. The van der Waals surface area contributed by atoms with E-state index in [-0.39, 0.29) is 11.8 Å². The predicted molar refractivity (Wildman–Crippen MR) is 110 cm³/mol. The van der Waals surface area contributed by atoms with E-state index >= 15 is 0 Å². The van der Waals surface area contributed by atoms with Gasteiger partial charge in [0.2, 0.25) is 0 Å². The summed E-state index contributed by atoms with van der Waals surface area (Å²) < 4.78 is 45.9. The standard InChI is InChI=1S/C22H24F3N5O2/c1-13(2)15-10-27-19-18(14(3)29-30(19)12-15)20(31)28-21(6-8-32-9-7-21)16-4-5-17(26-11-16)22(23,24)25/h4-5,10-13H,6-9H2,1-3H3,(H,28,31). The molecule has 3 aromatic heterocycles. The van der Waals surface area contributed by atoms with Crippen LogP contribution in [0.5, 0.6) is 0 Å². The predicted octanol–water partition coefficient (Wildman–Crippen LogP) is 4.01. The first kappa shape index (κ1) is 22.2. The molecule has 32 heavy (non-hydrogen) atoms. The van der Waals surface area contributed by atoms with Crippen LogP contribution in [0, 0.1) is 6.92 Å². The molecule has 10 heteroatoms. The quantitative estimate of drug-likeness (QED) is 0.654. The molecule has 0 aliphatic carbocycles. The van der Waals surface area contributed by atoms with Gasteiger partial charge >= 0.3 is 6.18 Å². The topological polar surface area (TPSA) is 81.4 Å². The fraction of sp³-hybridized carbons (Fsp3) is 0.455. The summed E-state index contributed by atoms with van der Waals surface area (Å²) in [5.74, 6) is -0.129. The zero-order chi connectivity index (χ0) is 23.1. The van der Waals surface area contributed by atoms with E-state index in [4.69, 9.17) is 4.74 Å². The van der Waals surface area contributed by atoms with Crippen molar-refractivity contribution < 1.29 is 22.7 Å². The van der Waals surface area contributed by atoms with E-state index < -0.39 is 17.4 Å². The number of amides is 1. The Labute approximate surface area is 183 Å². The Morgan fingerprint density at radius 1 is 1.19 bits per heavy atom. The molecule has 0 radical (unpaired) electrons. The lowest BCUT2D eigenvalue weighted by Crippen LogP contribution is -2.49. The van der Waals surface area contributed by atoms with Crippen LogP contribution < -0.4 is 5.32 Å². The normalized spacial score (nSPS) is 16.5. The van der Waals surface area contributed by atoms with Crippen LogP contribution in [0.25, 0.3) is 5.65 Å². The number of hydrogen-bond donors (Lipinski definition) is 1. The number of pyridine rings is 1. The van der Waals surface area contributed by atoms with Gasteiger partial charge in [0, 0.05) is 31.8 Å². The monoisotopic (exact) mass is 447 g/mol. The molecule has 4 rings (SSSR count). The first-order chi connectivity index (χ1) is 15.1. The van der Waals surface area contributed by atoms with E-state index in [1.165, 1.54) is 12.3 Å². The molecule has 0 spiro atoms. The maximum absolute atomic E-state index is 13.4. The lowest BCUT2D eigenvalue weighted by molar-refractivity contribution is -0.141. The molecule has 1 amide bonds. The zero-order valence-electron chi connectivity index (χ0n) is 18.0. The highest BCUT2D eigenvalue weighted by Crippen LogP contribution is 2.34. The minimum Gasteiger partial charge on any atom is -0.381 e. The molecule has 1 N–H and O–H groups in total. The number of nitrogens with one attached hydrogen (secondary N) is 1. The van der Waals surface area contributed by atoms with Crippen LogP contribution in [0.3, 0.4) is 0 Å². The molecule has 4 heterocycles. The molecule has 0 bridgehead atoms. The molecule has 170 valence electrons. The van der Waals surface area contributed by atoms with Crippen molar-refractivity contribution in [3.8, 4) is 0 Å². The fourth-order valence-electron chi connectivity index (χ4n) is 3.95. The van der Waals surface area contributed by atoms with E-state index in [2.05, 4.69) is 20.4 Å². The number of aryl methyl sites for hydroxylation is 1. The van der Waals surface area contributed by atoms with E-state index in [0.717, 1.165) is 11.6 Å². The second-order valence-corrected chi connectivity index (χ2v) is 8.35. The summed E-state index contributed by atoms with van der Waals surface area (Å²) in [6, 6.07) is 2.31. The van der Waals surface area contributed by atoms with Crippen molar-refractivity contribution in [3.63, 3.8) is 0 Å². The number of nitrogens with zero attached hydrogens (tertiary/aromatic N) is 4. The highest BCUT2D eigenvalue weighted by atomic mass is 19.4. The van der Waals surface area contributed by atoms with Gasteiger partial charge in [0.25, 0.3) is 5.91 Å². The van der Waals surface area contributed by atoms with Gasteiger partial charge < -0.3 is 10.1 Å². The van der Waals surface area contributed by atoms with E-state index in [1.54, 1.807) is 17.6 Å². The summed E-state index contributed by atoms with van der Waals surface area (Å²) in [5, 5.41) is 7.48. The van der Waals surface area contributed by atoms with Crippen LogP contribution in [-0.2, 0) is 16.5 Å². The summed E-state index contributed by atoms with van der Waals surface area (Å²) in [4.78, 5) is 21.4. The first-order valence-corrected chi connectivity index (χ1v) is 10.4. The number of halogens is 3. The Kier molecular flexibility index (Phi) is 5.66. The van der Waals surface area contributed by atoms with Crippen LogP contribution in [0.2, 0.25) is 0 Å². The molecule has 1 aliphatic heterocycles. The average molecular weight is 447 g/mol. The Morgan fingerprint density at radius 3 is 2.50 bits per heavy atom. The first-order valence-electron chi connectivity index (χ1n) is 10.4. The lowest BCUT2D eigenvalue weighted by atomic mass is 9.83. The molecular weight excluding hydrogens is 423 g/mol. The summed E-state index contributed by atoms with van der Waals surface area (Å²) in [5.41, 5.74) is 0.908. The van der Waals surface area contributed by atoms with Crippen molar-refractivity contribution in [3.05, 3.63) is 58.8 Å². The molecular formula is C22H24F3N5O2. The van der Waals surface area contributed by atoms with Gasteiger partial charge in [0.1, 0.15) is 11.3 Å². The van der Waals surface area contributed by atoms with Crippen molar-refractivity contribution in [1.82, 2.24) is 24.9 Å². The molecule has 1 aliphatic rings. The van der Waals surface area contributed by atoms with Crippen LogP contribution >= 0.6 is 0 Å². The largest absolute Gasteiger partial charge is 0.433 e. The Hall–Kier alpha value is -3.01. The van der Waals surface area contributed by atoms with Gasteiger partial charge in [-0.1, -0.05) is 19.9 Å². The van der Waals surface area contributed by atoms with E-state index in [0.29, 0.717) is 48.5 Å². The molecule has 1 saturated heterocycles. The van der Waals surface area contributed by atoms with Crippen molar-refractivity contribution >= 4 is 11.6 Å². The average Bonchev–Trinajstić information content (AvgIpc) is 3.08. The number of carbonyl (C=O) groups excluding carboxylic acids is 1. The lowest BCUT2D eigenvalue weighted by Gasteiger charge is -2.38. The SMILES string of the molecule is Cc1nn2cc(C(C)C)cnc2c1C(=O)NC1(c2ccc(C(F)(F)F)nc2)CCOCC1. The minimum atomic E-state index is -4.53. The zero-order valence-corrected chi connectivity index (χ0v) is 18.0. The van der Waals surface area contributed by atoms with Gasteiger partial charge in [-0.3, -0.25) is 9.78 Å². The number of fused-ring (bicyclic) bond motifs is 1. The van der Waals surface area contributed by atoms with Gasteiger partial charge in [0.15, 0.2) is 5.65 Å². The maximum Gasteiger partial charge on any atom is 0.433 e. The molecule has 0 unspecified atom stereocenters. The van der Waals surface area contributed by atoms with Crippen LogP contribution in [0.1, 0.15) is 65.5 Å². The van der Waals surface area contributed by atoms with Crippen molar-refractivity contribution in [2.24, 2.45) is 0 Å². The number of rotatable bonds is 4. The number of ether oxygens (including phenoxy) is 1. The third kappa shape index (κ3) is 4.06. The van der Waals surface area contributed by atoms with Crippen molar-refractivity contribution in [2.45, 2.75) is 51.2 Å². The van der Waals surface area contributed by atoms with E-state index in [9.17, 15) is 18.0 Å². The molecule has 3 aromatic rings. The maximum atomic E-state index is 13.4. The Bertz CT molecular complexity index is 1130. The van der Waals surface area contributed by atoms with Gasteiger partial charge in [-0.25, -0.2) is 9.50 Å². The van der Waals surface area contributed by atoms with Crippen molar-refractivity contribution in [2.75, 3.05) is 13.2 Å². The second-order valence-electron chi connectivity index (χ2n) is 8.35. The van der Waals surface area contributed by atoms with Crippen LogP contribution in [0.4, 0.5) is 13.2 Å². The third-order valence-electron chi connectivity index (χ3n) is 5.87. The minimum absolute atomic E-state index is 0.256. The third-order valence-corrected chi connectivity index (χ3v) is 5.87. The number of hydrogen-bond acceptors (Lipinski definition) is 5. The van der Waals surface area contributed by atoms with Gasteiger partial charge in [-0.2, -0.15) is 18.3 Å². The Balaban J connectivity index is 1.69. The fourth-order valence-corrected chi connectivity index (χ4v) is 3.95. The summed E-state index contributed by atoms with van der Waals surface area (Å²) in [6.45, 7) is 6.55. The Morgan fingerprint density at radius 2 is 1.91 bits per heavy atom. The molecule has 7 nitrogen and oxygen atoms in total. The van der Waals surface area contributed by atoms with Gasteiger partial charge in [-0.15, -0.1) is 0 Å². The molecule has 0 atom stereocenters. The van der Waals surface area contributed by atoms with Gasteiger partial charge in [-0.05, 0) is 42.9 Å². The summed E-state index contributed by atoms with van der Waals surface area (Å²) >= 11 is 0. The number of alkyl halides is 3. The summed E-state index contributed by atoms with van der Waals surface area (Å²) in [7, 11) is 0. The molecule has 0 saturated carbocycles. The van der Waals surface area contributed by atoms with E-state index in [1.807, 2.05) is 20.0 Å². The second kappa shape index (κ2) is 8.16. The highest BCUT2D eigenvalue weighted by Gasteiger charge is 2.39. The highest BCUT2D eigenvalue weighted by molar-refractivity contribution is 6.01. The molecule has 0 aromatic carbocycles. The smallest absolute Gasteiger partial charge is 0.381 e. The number of carbonyl (C=O) groups is 1.